The second-order valence-electron chi connectivity index (χ2n) is 6.80. The van der Waals surface area contributed by atoms with E-state index in [4.69, 9.17) is 11.6 Å². The molecule has 3 rings (SSSR count). The number of fused-ring (bicyclic) bond motifs is 1. The summed E-state index contributed by atoms with van der Waals surface area (Å²) in [5, 5.41) is 7.24. The van der Waals surface area contributed by atoms with Gasteiger partial charge in [0.1, 0.15) is 6.54 Å². The maximum absolute atomic E-state index is 12.6. The van der Waals surface area contributed by atoms with Gasteiger partial charge in [-0.25, -0.2) is 4.99 Å². The lowest BCUT2D eigenvalue weighted by molar-refractivity contribution is -0.130. The van der Waals surface area contributed by atoms with Gasteiger partial charge in [-0.2, -0.15) is 0 Å². The summed E-state index contributed by atoms with van der Waals surface area (Å²) in [4.78, 5) is 19.0. The molecular weight excluding hydrogens is 499 g/mol. The standard InChI is InChI=1S/C22H27ClN4O.HI/c1-2-24-22(25-13-11-18-8-5-6-10-20(18)23)26-15-21(28)27-14-12-17-7-3-4-9-19(17)16-27;/h3-10H,2,11-16H2,1H3,(H2,24,25,26);1H. The molecule has 1 heterocycles. The van der Waals surface area contributed by atoms with Crippen LogP contribution < -0.4 is 10.6 Å². The first-order valence-electron chi connectivity index (χ1n) is 9.77. The lowest BCUT2D eigenvalue weighted by Crippen LogP contribution is -2.41. The minimum atomic E-state index is 0. The summed E-state index contributed by atoms with van der Waals surface area (Å²) in [5.74, 6) is 0.707. The van der Waals surface area contributed by atoms with Crippen molar-refractivity contribution in [2.45, 2.75) is 26.3 Å². The molecule has 1 aliphatic rings. The zero-order valence-electron chi connectivity index (χ0n) is 16.7. The highest BCUT2D eigenvalue weighted by atomic mass is 127. The Morgan fingerprint density at radius 3 is 2.59 bits per heavy atom. The van der Waals surface area contributed by atoms with Crippen molar-refractivity contribution >= 4 is 47.4 Å². The van der Waals surface area contributed by atoms with Crippen molar-refractivity contribution in [3.8, 4) is 0 Å². The number of benzene rings is 2. The molecular formula is C22H28ClIN4O. The van der Waals surface area contributed by atoms with Gasteiger partial charge in [0.2, 0.25) is 5.91 Å². The Morgan fingerprint density at radius 2 is 1.83 bits per heavy atom. The van der Waals surface area contributed by atoms with Crippen LogP contribution >= 0.6 is 35.6 Å². The number of amides is 1. The predicted molar refractivity (Wildman–Crippen MR) is 130 cm³/mol. The van der Waals surface area contributed by atoms with Crippen LogP contribution in [0.4, 0.5) is 0 Å². The highest BCUT2D eigenvalue weighted by Gasteiger charge is 2.19. The smallest absolute Gasteiger partial charge is 0.244 e. The van der Waals surface area contributed by atoms with Crippen LogP contribution in [0, 0.1) is 0 Å². The lowest BCUT2D eigenvalue weighted by Gasteiger charge is -2.28. The third-order valence-electron chi connectivity index (χ3n) is 4.84. The Labute approximate surface area is 194 Å². The highest BCUT2D eigenvalue weighted by molar-refractivity contribution is 14.0. The quantitative estimate of drug-likeness (QED) is 0.343. The van der Waals surface area contributed by atoms with E-state index < -0.39 is 0 Å². The number of hydrogen-bond acceptors (Lipinski definition) is 2. The fourth-order valence-electron chi connectivity index (χ4n) is 3.31. The van der Waals surface area contributed by atoms with Crippen LogP contribution in [-0.4, -0.2) is 42.9 Å². The van der Waals surface area contributed by atoms with Gasteiger partial charge in [0.15, 0.2) is 5.96 Å². The second-order valence-corrected chi connectivity index (χ2v) is 7.20. The molecule has 156 valence electrons. The molecule has 0 bridgehead atoms. The molecule has 2 aromatic carbocycles. The van der Waals surface area contributed by atoms with Crippen molar-refractivity contribution in [2.75, 3.05) is 26.2 Å². The van der Waals surface area contributed by atoms with Gasteiger partial charge >= 0.3 is 0 Å². The summed E-state index contributed by atoms with van der Waals surface area (Å²) in [7, 11) is 0. The molecule has 1 aliphatic heterocycles. The summed E-state index contributed by atoms with van der Waals surface area (Å²) in [6, 6.07) is 16.1. The third kappa shape index (κ3) is 6.89. The molecule has 2 aromatic rings. The predicted octanol–water partition coefficient (Wildman–Crippen LogP) is 3.64. The van der Waals surface area contributed by atoms with E-state index >= 15 is 0 Å². The molecule has 0 saturated heterocycles. The molecule has 0 aromatic heterocycles. The molecule has 0 saturated carbocycles. The number of nitrogens with one attached hydrogen (secondary N) is 2. The number of guanidine groups is 1. The van der Waals surface area contributed by atoms with E-state index in [1.807, 2.05) is 42.2 Å². The number of hydrogen-bond donors (Lipinski definition) is 2. The fraction of sp³-hybridized carbons (Fsp3) is 0.364. The van der Waals surface area contributed by atoms with E-state index in [-0.39, 0.29) is 36.4 Å². The first-order chi connectivity index (χ1) is 13.7. The van der Waals surface area contributed by atoms with Gasteiger partial charge in [0.25, 0.3) is 0 Å². The Bertz CT molecular complexity index is 843. The second kappa shape index (κ2) is 12.0. The number of carbonyl (C=O) groups is 1. The summed E-state index contributed by atoms with van der Waals surface area (Å²) in [6.07, 6.45) is 1.70. The largest absolute Gasteiger partial charge is 0.357 e. The molecule has 1 amide bonds. The molecule has 0 atom stereocenters. The summed E-state index contributed by atoms with van der Waals surface area (Å²) in [6.45, 7) is 5.01. The summed E-state index contributed by atoms with van der Waals surface area (Å²) >= 11 is 6.20. The first kappa shape index (κ1) is 23.5. The third-order valence-corrected chi connectivity index (χ3v) is 5.21. The topological polar surface area (TPSA) is 56.7 Å². The Balaban J connectivity index is 0.00000300. The zero-order chi connectivity index (χ0) is 19.8. The minimum Gasteiger partial charge on any atom is -0.357 e. The zero-order valence-corrected chi connectivity index (χ0v) is 19.7. The van der Waals surface area contributed by atoms with Crippen molar-refractivity contribution in [1.82, 2.24) is 15.5 Å². The van der Waals surface area contributed by atoms with Gasteiger partial charge in [-0.15, -0.1) is 24.0 Å². The van der Waals surface area contributed by atoms with Gasteiger partial charge in [-0.1, -0.05) is 54.1 Å². The molecule has 7 heteroatoms. The van der Waals surface area contributed by atoms with E-state index in [1.54, 1.807) is 0 Å². The molecule has 0 aliphatic carbocycles. The van der Waals surface area contributed by atoms with Gasteiger partial charge in [-0.05, 0) is 42.5 Å². The van der Waals surface area contributed by atoms with Crippen LogP contribution in [0.3, 0.4) is 0 Å². The highest BCUT2D eigenvalue weighted by Crippen LogP contribution is 2.18. The molecule has 0 unspecified atom stereocenters. The van der Waals surface area contributed by atoms with Crippen molar-refractivity contribution in [3.63, 3.8) is 0 Å². The van der Waals surface area contributed by atoms with Crippen LogP contribution in [0.5, 0.6) is 0 Å². The maximum atomic E-state index is 12.6. The molecule has 0 spiro atoms. The van der Waals surface area contributed by atoms with E-state index in [1.165, 1.54) is 11.1 Å². The van der Waals surface area contributed by atoms with Crippen molar-refractivity contribution < 1.29 is 4.79 Å². The molecule has 5 nitrogen and oxygen atoms in total. The SMILES string of the molecule is CCNC(=NCC(=O)N1CCc2ccccc2C1)NCCc1ccccc1Cl.I. The Kier molecular flexibility index (Phi) is 9.73. The van der Waals surface area contributed by atoms with E-state index in [2.05, 4.69) is 33.8 Å². The number of aliphatic imine (C=N–C) groups is 1. The average Bonchev–Trinajstić information content (AvgIpc) is 2.72. The number of rotatable bonds is 6. The van der Waals surface area contributed by atoms with Gasteiger partial charge in [-0.3, -0.25) is 4.79 Å². The van der Waals surface area contributed by atoms with Crippen LogP contribution in [0.15, 0.2) is 53.5 Å². The fourth-order valence-corrected chi connectivity index (χ4v) is 3.54. The number of carbonyl (C=O) groups excluding carboxylic acids is 1. The Hall–Kier alpha value is -1.80. The number of halogens is 2. The molecule has 0 radical (unpaired) electrons. The van der Waals surface area contributed by atoms with Crippen molar-refractivity contribution in [2.24, 2.45) is 4.99 Å². The van der Waals surface area contributed by atoms with Gasteiger partial charge in [0.05, 0.1) is 0 Å². The van der Waals surface area contributed by atoms with Crippen LogP contribution in [0.2, 0.25) is 5.02 Å². The monoisotopic (exact) mass is 526 g/mol. The Morgan fingerprint density at radius 1 is 1.10 bits per heavy atom. The summed E-state index contributed by atoms with van der Waals surface area (Å²) in [5.41, 5.74) is 3.66. The molecule has 0 fully saturated rings. The molecule has 29 heavy (non-hydrogen) atoms. The van der Waals surface area contributed by atoms with Gasteiger partial charge < -0.3 is 15.5 Å². The van der Waals surface area contributed by atoms with E-state index in [0.717, 1.165) is 36.5 Å². The first-order valence-corrected chi connectivity index (χ1v) is 10.2. The normalized spacial score (nSPS) is 13.3. The van der Waals surface area contributed by atoms with Crippen LogP contribution in [-0.2, 0) is 24.2 Å². The van der Waals surface area contributed by atoms with Crippen LogP contribution in [0.1, 0.15) is 23.6 Å². The maximum Gasteiger partial charge on any atom is 0.244 e. The van der Waals surface area contributed by atoms with E-state index in [0.29, 0.717) is 19.0 Å². The summed E-state index contributed by atoms with van der Waals surface area (Å²) < 4.78 is 0. The number of nitrogens with zero attached hydrogens (tertiary/aromatic N) is 2. The van der Waals surface area contributed by atoms with Crippen molar-refractivity contribution in [3.05, 3.63) is 70.2 Å². The molecule has 2 N–H and O–H groups in total. The van der Waals surface area contributed by atoms with E-state index in [9.17, 15) is 4.79 Å². The average molecular weight is 527 g/mol. The van der Waals surface area contributed by atoms with Crippen molar-refractivity contribution in [1.29, 1.82) is 0 Å². The lowest BCUT2D eigenvalue weighted by atomic mass is 10.00. The van der Waals surface area contributed by atoms with Gasteiger partial charge in [0, 0.05) is 31.2 Å². The minimum absolute atomic E-state index is 0. The van der Waals surface area contributed by atoms with Crippen LogP contribution in [0.25, 0.3) is 0 Å².